The van der Waals surface area contributed by atoms with Crippen LogP contribution in [0.5, 0.6) is 0 Å². The second-order valence-corrected chi connectivity index (χ2v) is 3.59. The number of carbonyl (C=O) groups is 3. The third-order valence-electron chi connectivity index (χ3n) is 2.18. The van der Waals surface area contributed by atoms with E-state index in [1.807, 2.05) is 5.32 Å². The zero-order valence-corrected chi connectivity index (χ0v) is 10.6. The Labute approximate surface area is 128 Å². The lowest BCUT2D eigenvalue weighted by molar-refractivity contribution is -0.148. The predicted molar refractivity (Wildman–Crippen MR) is 69.0 cm³/mol. The van der Waals surface area contributed by atoms with Gasteiger partial charge in [0.1, 0.15) is 12.1 Å². The minimum absolute atomic E-state index is 0.463. The van der Waals surface area contributed by atoms with Gasteiger partial charge >= 0.3 is 12.2 Å². The maximum absolute atomic E-state index is 12.1. The fourth-order valence-corrected chi connectivity index (χ4v) is 1.13. The van der Waals surface area contributed by atoms with Gasteiger partial charge < -0.3 is 20.3 Å². The SMILES string of the molecule is [2H]C([2H])([2H])O[C@@H](C)C(=O)N[C@@H](CCC(=O)C=[N+]=[N-])C(=O)OC([2H])([2H])C([2H])([2H])[2H]. The summed E-state index contributed by atoms with van der Waals surface area (Å²) in [5.74, 6) is -3.37. The van der Waals surface area contributed by atoms with E-state index < -0.39 is 63.1 Å². The highest BCUT2D eigenvalue weighted by molar-refractivity contribution is 6.25. The van der Waals surface area contributed by atoms with Gasteiger partial charge in [0.25, 0.3) is 0 Å². The van der Waals surface area contributed by atoms with Gasteiger partial charge in [-0.15, -0.1) is 0 Å². The van der Waals surface area contributed by atoms with E-state index in [1.54, 1.807) is 0 Å². The molecule has 0 aromatic carbocycles. The van der Waals surface area contributed by atoms with Gasteiger partial charge in [-0.3, -0.25) is 9.59 Å². The normalized spacial score (nSPS) is 20.6. The molecule has 8 heteroatoms. The molecule has 0 fully saturated rings. The second-order valence-electron chi connectivity index (χ2n) is 3.59. The average Bonchev–Trinajstić information content (AvgIpc) is 2.47. The number of methoxy groups -OCH3 is 1. The summed E-state index contributed by atoms with van der Waals surface area (Å²) in [4.78, 5) is 38.0. The molecular formula is C12H19N3O5. The van der Waals surface area contributed by atoms with Crippen LogP contribution < -0.4 is 5.32 Å². The minimum Gasteiger partial charge on any atom is -0.464 e. The summed E-state index contributed by atoms with van der Waals surface area (Å²) in [6, 6.07) is -1.70. The van der Waals surface area contributed by atoms with Crippen LogP contribution in [0.2, 0.25) is 0 Å². The number of amides is 1. The molecule has 0 aliphatic heterocycles. The molecule has 0 bridgehead atoms. The van der Waals surface area contributed by atoms with Crippen LogP contribution in [0.15, 0.2) is 0 Å². The van der Waals surface area contributed by atoms with Crippen LogP contribution in [0.4, 0.5) is 0 Å². The largest absolute Gasteiger partial charge is 0.464 e. The van der Waals surface area contributed by atoms with Crippen LogP contribution in [-0.4, -0.2) is 54.4 Å². The first kappa shape index (κ1) is 8.28. The Morgan fingerprint density at radius 2 is 2.30 bits per heavy atom. The van der Waals surface area contributed by atoms with Gasteiger partial charge in [0.15, 0.2) is 0 Å². The topological polar surface area (TPSA) is 118 Å². The highest BCUT2D eigenvalue weighted by Gasteiger charge is 2.25. The second kappa shape index (κ2) is 9.82. The van der Waals surface area contributed by atoms with Crippen molar-refractivity contribution in [1.29, 1.82) is 0 Å². The number of nitrogens with one attached hydrogen (secondary N) is 1. The quantitative estimate of drug-likeness (QED) is 0.271. The number of rotatable bonds is 9. The molecule has 1 amide bonds. The molecular weight excluding hydrogens is 266 g/mol. The van der Waals surface area contributed by atoms with E-state index in [1.165, 1.54) is 0 Å². The summed E-state index contributed by atoms with van der Waals surface area (Å²) < 4.78 is 65.2. The highest BCUT2D eigenvalue weighted by atomic mass is 16.5. The van der Waals surface area contributed by atoms with Crippen LogP contribution in [0.25, 0.3) is 5.53 Å². The van der Waals surface area contributed by atoms with Crippen molar-refractivity contribution in [2.45, 2.75) is 38.8 Å². The van der Waals surface area contributed by atoms with Crippen molar-refractivity contribution in [3.05, 3.63) is 5.53 Å². The number of hydrogen-bond acceptors (Lipinski definition) is 5. The van der Waals surface area contributed by atoms with E-state index in [-0.39, 0.29) is 0 Å². The molecule has 0 aliphatic carbocycles. The van der Waals surface area contributed by atoms with E-state index >= 15 is 0 Å². The molecule has 0 saturated carbocycles. The molecule has 0 rings (SSSR count). The Hall–Kier alpha value is -2.05. The Bertz CT molecular complexity index is 642. The van der Waals surface area contributed by atoms with Crippen LogP contribution in [0.1, 0.15) is 37.6 Å². The molecule has 2 atom stereocenters. The van der Waals surface area contributed by atoms with Crippen molar-refractivity contribution in [1.82, 2.24) is 5.32 Å². The fourth-order valence-electron chi connectivity index (χ4n) is 1.13. The van der Waals surface area contributed by atoms with Gasteiger partial charge in [-0.05, 0) is 20.2 Å². The highest BCUT2D eigenvalue weighted by Crippen LogP contribution is 2.02. The van der Waals surface area contributed by atoms with E-state index in [0.29, 0.717) is 6.21 Å². The Morgan fingerprint density at radius 3 is 2.90 bits per heavy atom. The zero-order chi connectivity index (χ0) is 22.3. The molecule has 1 N–H and O–H groups in total. The third-order valence-corrected chi connectivity index (χ3v) is 2.18. The number of carbonyl (C=O) groups excluding carboxylic acids is 3. The predicted octanol–water partition coefficient (Wildman–Crippen LogP) is -0.281. The lowest BCUT2D eigenvalue weighted by Gasteiger charge is -2.18. The monoisotopic (exact) mass is 293 g/mol. The Kier molecular flexibility index (Phi) is 4.07. The lowest BCUT2D eigenvalue weighted by Crippen LogP contribution is -2.46. The molecule has 112 valence electrons. The molecule has 0 unspecified atom stereocenters. The number of Topliss-reactive ketones (excluding diaryl/α,β-unsaturated/α-hetero) is 1. The number of hydrogen-bond donors (Lipinski definition) is 1. The van der Waals surface area contributed by atoms with Gasteiger partial charge in [0.2, 0.25) is 11.7 Å². The van der Waals surface area contributed by atoms with Crippen molar-refractivity contribution >= 4 is 23.9 Å². The molecule has 0 spiro atoms. The van der Waals surface area contributed by atoms with Crippen LogP contribution in [0, 0.1) is 0 Å². The summed E-state index contributed by atoms with van der Waals surface area (Å²) in [5, 5.41) is 2.01. The first-order valence-corrected chi connectivity index (χ1v) is 5.41. The number of ketones is 1. The summed E-state index contributed by atoms with van der Waals surface area (Å²) in [6.45, 7) is -5.64. The van der Waals surface area contributed by atoms with Crippen molar-refractivity contribution in [3.63, 3.8) is 0 Å². The van der Waals surface area contributed by atoms with Crippen molar-refractivity contribution < 1.29 is 39.6 Å². The fraction of sp³-hybridized carbons (Fsp3) is 0.667. The maximum Gasteiger partial charge on any atom is 0.328 e. The molecule has 0 aromatic rings. The smallest absolute Gasteiger partial charge is 0.328 e. The van der Waals surface area contributed by atoms with E-state index in [2.05, 4.69) is 14.3 Å². The molecule has 8 nitrogen and oxygen atoms in total. The summed E-state index contributed by atoms with van der Waals surface area (Å²) >= 11 is 0. The lowest BCUT2D eigenvalue weighted by atomic mass is 10.1. The van der Waals surface area contributed by atoms with Gasteiger partial charge in [0.05, 0.1) is 13.4 Å². The molecule has 0 aromatic heterocycles. The summed E-state index contributed by atoms with van der Waals surface area (Å²) in [5.41, 5.74) is 8.29. The van der Waals surface area contributed by atoms with Crippen molar-refractivity contribution in [3.8, 4) is 0 Å². The third kappa shape index (κ3) is 6.77. The van der Waals surface area contributed by atoms with E-state index in [9.17, 15) is 14.4 Å². The van der Waals surface area contributed by atoms with Crippen molar-refractivity contribution in [2.75, 3.05) is 13.6 Å². The average molecular weight is 293 g/mol. The number of ether oxygens (including phenoxy) is 2. The van der Waals surface area contributed by atoms with E-state index in [4.69, 9.17) is 16.5 Å². The molecule has 0 heterocycles. The zero-order valence-electron chi connectivity index (χ0n) is 18.6. The first-order valence-electron chi connectivity index (χ1n) is 9.41. The molecule has 0 saturated heterocycles. The standard InChI is InChI=1S/C12H19N3O5/c1-4-20-12(18)10(6-5-9(16)7-14-13)15-11(17)8(2)19-3/h7-8,10H,4-6H2,1-3H3,(H,15,17)/t8-,10-/m0/s1/i1D3,3D3,4D2. The van der Waals surface area contributed by atoms with Crippen molar-refractivity contribution in [2.24, 2.45) is 0 Å². The van der Waals surface area contributed by atoms with Gasteiger partial charge in [0, 0.05) is 17.6 Å². The number of esters is 1. The number of nitrogens with zero attached hydrogens (tertiary/aromatic N) is 2. The van der Waals surface area contributed by atoms with Gasteiger partial charge in [-0.2, -0.15) is 4.79 Å². The van der Waals surface area contributed by atoms with E-state index in [0.717, 1.165) is 6.92 Å². The molecule has 20 heavy (non-hydrogen) atoms. The molecule has 0 aliphatic rings. The van der Waals surface area contributed by atoms with Crippen LogP contribution in [-0.2, 0) is 23.9 Å². The van der Waals surface area contributed by atoms with Crippen LogP contribution in [0.3, 0.4) is 0 Å². The summed E-state index contributed by atoms with van der Waals surface area (Å²) in [7, 11) is -2.92. The van der Waals surface area contributed by atoms with Gasteiger partial charge in [-0.1, -0.05) is 0 Å². The van der Waals surface area contributed by atoms with Crippen LogP contribution >= 0.6 is 0 Å². The minimum atomic E-state index is -3.38. The maximum atomic E-state index is 12.1. The Morgan fingerprint density at radius 1 is 1.55 bits per heavy atom. The molecule has 0 radical (unpaired) electrons. The van der Waals surface area contributed by atoms with Gasteiger partial charge in [-0.25, -0.2) is 4.79 Å². The first-order chi connectivity index (χ1) is 12.5. The Balaban J connectivity index is 5.34. The summed E-state index contributed by atoms with van der Waals surface area (Å²) in [6.07, 6.45) is -1.98.